The summed E-state index contributed by atoms with van der Waals surface area (Å²) in [6.07, 6.45) is -0.903. The molecule has 26 heavy (non-hydrogen) atoms. The molecular weight excluding hydrogens is 351 g/mol. The van der Waals surface area contributed by atoms with Crippen molar-refractivity contribution in [2.75, 3.05) is 0 Å². The Bertz CT molecular complexity index is 837. The molecule has 0 radical (unpaired) electrons. The summed E-state index contributed by atoms with van der Waals surface area (Å²) in [6.45, 7) is -0.419. The van der Waals surface area contributed by atoms with Gasteiger partial charge in [-0.15, -0.1) is 0 Å². The number of hydrogen-bond acceptors (Lipinski definition) is 3. The van der Waals surface area contributed by atoms with Crippen LogP contribution in [0.3, 0.4) is 0 Å². The number of amides is 1. The van der Waals surface area contributed by atoms with Crippen LogP contribution in [0.1, 0.15) is 17.5 Å². The van der Waals surface area contributed by atoms with Crippen molar-refractivity contribution in [2.45, 2.75) is 19.5 Å². The summed E-state index contributed by atoms with van der Waals surface area (Å²) in [4.78, 5) is 35.3. The number of Topliss-reactive ketones (excluding diaryl/α,β-unsaturated/α-hetero) is 1. The highest BCUT2D eigenvalue weighted by Crippen LogP contribution is 2.16. The van der Waals surface area contributed by atoms with E-state index < -0.39 is 41.5 Å². The van der Waals surface area contributed by atoms with Crippen LogP contribution in [0.2, 0.25) is 0 Å². The van der Waals surface area contributed by atoms with Crippen molar-refractivity contribution in [3.63, 3.8) is 0 Å². The van der Waals surface area contributed by atoms with E-state index in [0.717, 1.165) is 17.0 Å². The quantitative estimate of drug-likeness (QED) is 0.605. The minimum Gasteiger partial charge on any atom is -0.475 e. The number of halogens is 3. The SMILES string of the molecule is O=C(O)C(=O)CC(=O)N(Cc1ccc(F)cc1)Cc1ccc(F)cc1F. The maximum Gasteiger partial charge on any atom is 0.372 e. The lowest BCUT2D eigenvalue weighted by Crippen LogP contribution is -2.33. The van der Waals surface area contributed by atoms with Gasteiger partial charge in [-0.1, -0.05) is 18.2 Å². The second kappa shape index (κ2) is 8.28. The van der Waals surface area contributed by atoms with Crippen molar-refractivity contribution in [3.8, 4) is 0 Å². The molecule has 0 saturated heterocycles. The van der Waals surface area contributed by atoms with E-state index in [9.17, 15) is 27.6 Å². The number of carbonyl (C=O) groups excluding carboxylic acids is 2. The number of benzene rings is 2. The Morgan fingerprint density at radius 3 is 2.08 bits per heavy atom. The van der Waals surface area contributed by atoms with Gasteiger partial charge in [0.2, 0.25) is 11.7 Å². The number of carbonyl (C=O) groups is 3. The summed E-state index contributed by atoms with van der Waals surface area (Å²) < 4.78 is 39.9. The molecular formula is C18H14F3NO4. The number of carboxylic acid groups (broad SMARTS) is 1. The average Bonchev–Trinajstić information content (AvgIpc) is 2.58. The molecule has 2 aromatic carbocycles. The Morgan fingerprint density at radius 1 is 0.885 bits per heavy atom. The molecule has 8 heteroatoms. The summed E-state index contributed by atoms with van der Waals surface area (Å²) in [6, 6.07) is 7.94. The van der Waals surface area contributed by atoms with Crippen LogP contribution in [0.25, 0.3) is 0 Å². The molecule has 1 amide bonds. The van der Waals surface area contributed by atoms with E-state index in [1.807, 2.05) is 0 Å². The Labute approximate surface area is 146 Å². The zero-order valence-corrected chi connectivity index (χ0v) is 13.4. The lowest BCUT2D eigenvalue weighted by atomic mass is 10.1. The van der Waals surface area contributed by atoms with Crippen LogP contribution in [0.4, 0.5) is 13.2 Å². The highest BCUT2D eigenvalue weighted by atomic mass is 19.1. The van der Waals surface area contributed by atoms with Gasteiger partial charge in [0.05, 0.1) is 6.42 Å². The fraction of sp³-hybridized carbons (Fsp3) is 0.167. The first-order valence-corrected chi connectivity index (χ1v) is 7.48. The number of carboxylic acids is 1. The summed E-state index contributed by atoms with van der Waals surface area (Å²) in [5.41, 5.74) is 0.481. The van der Waals surface area contributed by atoms with E-state index in [1.165, 1.54) is 24.3 Å². The van der Waals surface area contributed by atoms with Crippen LogP contribution in [0.15, 0.2) is 42.5 Å². The summed E-state index contributed by atoms with van der Waals surface area (Å²) in [7, 11) is 0. The van der Waals surface area contributed by atoms with Crippen LogP contribution in [0.5, 0.6) is 0 Å². The van der Waals surface area contributed by atoms with Crippen molar-refractivity contribution in [2.24, 2.45) is 0 Å². The molecule has 0 aliphatic rings. The van der Waals surface area contributed by atoms with Gasteiger partial charge in [-0.25, -0.2) is 18.0 Å². The molecule has 136 valence electrons. The predicted octanol–water partition coefficient (Wildman–Crippen LogP) is 2.68. The Hall–Kier alpha value is -3.16. The van der Waals surface area contributed by atoms with Crippen LogP contribution in [-0.4, -0.2) is 27.7 Å². The number of nitrogens with zero attached hydrogens (tertiary/aromatic N) is 1. The Morgan fingerprint density at radius 2 is 1.50 bits per heavy atom. The van der Waals surface area contributed by atoms with Gasteiger partial charge in [0.15, 0.2) is 0 Å². The molecule has 0 atom stereocenters. The lowest BCUT2D eigenvalue weighted by Gasteiger charge is -2.23. The molecule has 5 nitrogen and oxygen atoms in total. The van der Waals surface area contributed by atoms with Crippen LogP contribution >= 0.6 is 0 Å². The lowest BCUT2D eigenvalue weighted by molar-refractivity contribution is -0.151. The zero-order valence-electron chi connectivity index (χ0n) is 13.4. The molecule has 0 unspecified atom stereocenters. The maximum atomic E-state index is 13.9. The third-order valence-electron chi connectivity index (χ3n) is 3.57. The van der Waals surface area contributed by atoms with Crippen LogP contribution in [0, 0.1) is 17.5 Å². The molecule has 2 rings (SSSR count). The number of aliphatic carboxylic acids is 1. The van der Waals surface area contributed by atoms with Crippen LogP contribution < -0.4 is 0 Å². The summed E-state index contributed by atoms with van der Waals surface area (Å²) >= 11 is 0. The first kappa shape index (κ1) is 19.2. The van der Waals surface area contributed by atoms with Crippen molar-refractivity contribution < 1.29 is 32.7 Å². The van der Waals surface area contributed by atoms with Gasteiger partial charge >= 0.3 is 5.97 Å². The molecule has 0 spiro atoms. The second-order valence-corrected chi connectivity index (χ2v) is 5.52. The van der Waals surface area contributed by atoms with E-state index in [1.54, 1.807) is 0 Å². The molecule has 0 fully saturated rings. The minimum atomic E-state index is -1.76. The van der Waals surface area contributed by atoms with Gasteiger partial charge in [0, 0.05) is 24.7 Å². The highest BCUT2D eigenvalue weighted by molar-refractivity contribution is 6.36. The topological polar surface area (TPSA) is 74.7 Å². The van der Waals surface area contributed by atoms with Gasteiger partial charge in [-0.2, -0.15) is 0 Å². The first-order chi connectivity index (χ1) is 12.3. The molecule has 0 heterocycles. The van der Waals surface area contributed by atoms with Gasteiger partial charge in [0.1, 0.15) is 17.5 Å². The number of hydrogen-bond donors (Lipinski definition) is 1. The van der Waals surface area contributed by atoms with E-state index in [4.69, 9.17) is 5.11 Å². The second-order valence-electron chi connectivity index (χ2n) is 5.52. The van der Waals surface area contributed by atoms with Crippen molar-refractivity contribution in [3.05, 3.63) is 71.0 Å². The van der Waals surface area contributed by atoms with Crippen LogP contribution in [-0.2, 0) is 27.5 Å². The zero-order chi connectivity index (χ0) is 19.3. The highest BCUT2D eigenvalue weighted by Gasteiger charge is 2.23. The van der Waals surface area contributed by atoms with E-state index in [0.29, 0.717) is 11.6 Å². The summed E-state index contributed by atoms with van der Waals surface area (Å²) in [5, 5.41) is 8.63. The standard InChI is InChI=1S/C18H14F3NO4/c19-13-4-1-11(2-5-13)9-22(17(24)8-16(23)18(25)26)10-12-3-6-14(20)7-15(12)21/h1-7H,8-10H2,(H,25,26). The van der Waals surface area contributed by atoms with Gasteiger partial charge < -0.3 is 10.0 Å². The molecule has 1 N–H and O–H groups in total. The minimum absolute atomic E-state index is 0.00960. The van der Waals surface area contributed by atoms with E-state index >= 15 is 0 Å². The number of ketones is 1. The normalized spacial score (nSPS) is 10.4. The predicted molar refractivity (Wildman–Crippen MR) is 84.3 cm³/mol. The first-order valence-electron chi connectivity index (χ1n) is 7.48. The van der Waals surface area contributed by atoms with Crippen molar-refractivity contribution in [1.82, 2.24) is 4.90 Å². The Balaban J connectivity index is 2.24. The largest absolute Gasteiger partial charge is 0.475 e. The molecule has 0 aromatic heterocycles. The third kappa shape index (κ3) is 5.17. The fourth-order valence-corrected chi connectivity index (χ4v) is 2.22. The van der Waals surface area contributed by atoms with Gasteiger partial charge in [-0.05, 0) is 23.8 Å². The molecule has 0 bridgehead atoms. The Kier molecular flexibility index (Phi) is 6.11. The van der Waals surface area contributed by atoms with E-state index in [2.05, 4.69) is 0 Å². The van der Waals surface area contributed by atoms with Gasteiger partial charge in [-0.3, -0.25) is 9.59 Å². The van der Waals surface area contributed by atoms with Crippen molar-refractivity contribution in [1.29, 1.82) is 0 Å². The molecule has 2 aromatic rings. The van der Waals surface area contributed by atoms with Gasteiger partial charge in [0.25, 0.3) is 0 Å². The molecule has 0 aliphatic heterocycles. The smallest absolute Gasteiger partial charge is 0.372 e. The fourth-order valence-electron chi connectivity index (χ4n) is 2.22. The molecule has 0 saturated carbocycles. The average molecular weight is 365 g/mol. The number of rotatable bonds is 7. The summed E-state index contributed by atoms with van der Waals surface area (Å²) in [5.74, 6) is -6.07. The van der Waals surface area contributed by atoms with Crippen molar-refractivity contribution >= 4 is 17.7 Å². The maximum absolute atomic E-state index is 13.9. The van der Waals surface area contributed by atoms with E-state index in [-0.39, 0.29) is 18.7 Å². The monoisotopic (exact) mass is 365 g/mol. The third-order valence-corrected chi connectivity index (χ3v) is 3.57. The molecule has 0 aliphatic carbocycles.